The van der Waals surface area contributed by atoms with Gasteiger partial charge in [0.25, 0.3) is 0 Å². The van der Waals surface area contributed by atoms with Crippen LogP contribution in [0.5, 0.6) is 0 Å². The SMILES string of the molecule is COCOCCC=C1[C@H](O[Si](C)(C)C(C)(C)C)CC(=CCO)C[C@H]1O[Si](C)(C)C(C)(C)C. The fourth-order valence-corrected chi connectivity index (χ4v) is 5.87. The van der Waals surface area contributed by atoms with Crippen molar-refractivity contribution in [1.29, 1.82) is 0 Å². The van der Waals surface area contributed by atoms with E-state index in [1.807, 2.05) is 6.08 Å². The third kappa shape index (κ3) is 8.49. The molecule has 0 radical (unpaired) electrons. The number of methoxy groups -OCH3 is 1. The first kappa shape index (κ1) is 29.7. The van der Waals surface area contributed by atoms with Gasteiger partial charge in [0.05, 0.1) is 25.4 Å². The maximum atomic E-state index is 9.62. The summed E-state index contributed by atoms with van der Waals surface area (Å²) in [5, 5.41) is 9.86. The van der Waals surface area contributed by atoms with Crippen molar-refractivity contribution in [3.05, 3.63) is 23.3 Å². The zero-order valence-electron chi connectivity index (χ0n) is 22.6. The monoisotopic (exact) mass is 486 g/mol. The predicted molar refractivity (Wildman–Crippen MR) is 139 cm³/mol. The summed E-state index contributed by atoms with van der Waals surface area (Å²) < 4.78 is 24.5. The molecule has 32 heavy (non-hydrogen) atoms. The van der Waals surface area contributed by atoms with Gasteiger partial charge in [0.1, 0.15) is 6.79 Å². The van der Waals surface area contributed by atoms with E-state index in [-0.39, 0.29) is 28.9 Å². The molecular formula is C25H50O5Si2. The lowest BCUT2D eigenvalue weighted by Crippen LogP contribution is -2.50. The largest absolute Gasteiger partial charge is 0.410 e. The lowest BCUT2D eigenvalue weighted by Gasteiger charge is -2.46. The lowest BCUT2D eigenvalue weighted by molar-refractivity contribution is -0.0287. The Bertz CT molecular complexity index is 600. The number of aliphatic hydroxyl groups is 1. The molecular weight excluding hydrogens is 436 g/mol. The van der Waals surface area contributed by atoms with E-state index in [2.05, 4.69) is 73.8 Å². The second-order valence-corrected chi connectivity index (χ2v) is 21.5. The highest BCUT2D eigenvalue weighted by atomic mass is 28.4. The molecule has 1 aliphatic rings. The molecule has 0 aromatic rings. The molecule has 0 unspecified atom stereocenters. The molecule has 0 aromatic heterocycles. The summed E-state index contributed by atoms with van der Waals surface area (Å²) in [4.78, 5) is 0. The van der Waals surface area contributed by atoms with Crippen molar-refractivity contribution in [3.63, 3.8) is 0 Å². The van der Waals surface area contributed by atoms with Crippen LogP contribution >= 0.6 is 0 Å². The molecule has 0 amide bonds. The fraction of sp³-hybridized carbons (Fsp3) is 0.840. The molecule has 1 aliphatic carbocycles. The number of ether oxygens (including phenoxy) is 2. The summed E-state index contributed by atoms with van der Waals surface area (Å²) in [5.41, 5.74) is 2.48. The standard InChI is InChI=1S/C25H50O5Si2/c1-24(2,3)31(8,9)29-22-17-20(14-15-26)18-23(30-32(10,11)25(4,5)6)21(22)13-12-16-28-19-27-7/h13-14,22-23,26H,12,15-19H2,1-11H3/t22-,23-/m1/s1. The van der Waals surface area contributed by atoms with Crippen LogP contribution in [0.2, 0.25) is 36.3 Å². The van der Waals surface area contributed by atoms with E-state index in [0.717, 1.165) is 19.3 Å². The van der Waals surface area contributed by atoms with Crippen LogP contribution in [0.4, 0.5) is 0 Å². The smallest absolute Gasteiger partial charge is 0.192 e. The van der Waals surface area contributed by atoms with Crippen LogP contribution in [0, 0.1) is 0 Å². The third-order valence-corrected chi connectivity index (χ3v) is 16.3. The number of aliphatic hydroxyl groups excluding tert-OH is 1. The van der Waals surface area contributed by atoms with Gasteiger partial charge in [-0.3, -0.25) is 0 Å². The molecule has 5 nitrogen and oxygen atoms in total. The molecule has 0 heterocycles. The van der Waals surface area contributed by atoms with Crippen molar-refractivity contribution < 1.29 is 23.4 Å². The molecule has 0 spiro atoms. The van der Waals surface area contributed by atoms with Gasteiger partial charge in [-0.2, -0.15) is 0 Å². The molecule has 0 aromatic carbocycles. The summed E-state index contributed by atoms with van der Waals surface area (Å²) in [7, 11) is -2.36. The molecule has 1 fully saturated rings. The Balaban J connectivity index is 3.33. The Morgan fingerprint density at radius 1 is 0.875 bits per heavy atom. The van der Waals surface area contributed by atoms with Gasteiger partial charge in [-0.05, 0) is 61.1 Å². The van der Waals surface area contributed by atoms with Crippen LogP contribution < -0.4 is 0 Å². The van der Waals surface area contributed by atoms with Gasteiger partial charge in [0, 0.05) is 7.11 Å². The minimum Gasteiger partial charge on any atom is -0.410 e. The van der Waals surface area contributed by atoms with Crippen molar-refractivity contribution in [2.75, 3.05) is 27.1 Å². The first-order valence-corrected chi connectivity index (χ1v) is 17.8. The first-order chi connectivity index (χ1) is 14.6. The maximum absolute atomic E-state index is 9.62. The average Bonchev–Trinajstić information content (AvgIpc) is 2.61. The average molecular weight is 487 g/mol. The Kier molecular flexibility index (Phi) is 11.1. The van der Waals surface area contributed by atoms with Crippen molar-refractivity contribution in [2.45, 2.75) is 109 Å². The van der Waals surface area contributed by atoms with Crippen LogP contribution in [0.25, 0.3) is 0 Å². The summed E-state index contributed by atoms with van der Waals surface area (Å²) in [6, 6.07) is 0. The topological polar surface area (TPSA) is 57.2 Å². The Labute approximate surface area is 199 Å². The van der Waals surface area contributed by atoms with Crippen molar-refractivity contribution in [2.24, 2.45) is 0 Å². The minimum atomic E-state index is -2.00. The highest BCUT2D eigenvalue weighted by molar-refractivity contribution is 6.74. The molecule has 0 aliphatic heterocycles. The number of rotatable bonds is 10. The number of hydrogen-bond acceptors (Lipinski definition) is 5. The quantitative estimate of drug-likeness (QED) is 0.167. The van der Waals surface area contributed by atoms with E-state index < -0.39 is 16.6 Å². The Morgan fingerprint density at radius 2 is 1.34 bits per heavy atom. The minimum absolute atomic E-state index is 0.0281. The summed E-state index contributed by atoms with van der Waals surface area (Å²) in [6.45, 7) is 23.8. The molecule has 0 bridgehead atoms. The van der Waals surface area contributed by atoms with Gasteiger partial charge >= 0.3 is 0 Å². The van der Waals surface area contributed by atoms with Crippen molar-refractivity contribution >= 4 is 16.6 Å². The van der Waals surface area contributed by atoms with Crippen LogP contribution in [0.3, 0.4) is 0 Å². The van der Waals surface area contributed by atoms with E-state index in [1.165, 1.54) is 11.1 Å². The second-order valence-electron chi connectivity index (χ2n) is 12.0. The zero-order chi connectivity index (χ0) is 24.8. The van der Waals surface area contributed by atoms with Gasteiger partial charge in [0.15, 0.2) is 16.6 Å². The lowest BCUT2D eigenvalue weighted by atomic mass is 9.85. The van der Waals surface area contributed by atoms with E-state index in [4.69, 9.17) is 18.3 Å². The van der Waals surface area contributed by atoms with Crippen molar-refractivity contribution in [1.82, 2.24) is 0 Å². The summed E-state index contributed by atoms with van der Waals surface area (Å²) >= 11 is 0. The van der Waals surface area contributed by atoms with E-state index in [0.29, 0.717) is 13.4 Å². The number of hydrogen-bond donors (Lipinski definition) is 1. The molecule has 0 saturated heterocycles. The molecule has 1 N–H and O–H groups in total. The van der Waals surface area contributed by atoms with E-state index >= 15 is 0 Å². The van der Waals surface area contributed by atoms with Gasteiger partial charge in [-0.15, -0.1) is 0 Å². The molecule has 7 heteroatoms. The van der Waals surface area contributed by atoms with Gasteiger partial charge in [-0.1, -0.05) is 59.3 Å². The molecule has 1 rings (SSSR count). The first-order valence-electron chi connectivity index (χ1n) is 12.0. The second kappa shape index (κ2) is 11.9. The fourth-order valence-electron chi connectivity index (χ4n) is 3.30. The summed E-state index contributed by atoms with van der Waals surface area (Å²) in [5.74, 6) is 0. The van der Waals surface area contributed by atoms with Crippen LogP contribution in [0.1, 0.15) is 60.8 Å². The van der Waals surface area contributed by atoms with Gasteiger partial charge < -0.3 is 23.4 Å². The highest BCUT2D eigenvalue weighted by Crippen LogP contribution is 2.44. The van der Waals surface area contributed by atoms with Gasteiger partial charge in [0.2, 0.25) is 0 Å². The predicted octanol–water partition coefficient (Wildman–Crippen LogP) is 6.42. The van der Waals surface area contributed by atoms with Gasteiger partial charge in [-0.25, -0.2) is 0 Å². The normalized spacial score (nSPS) is 21.1. The van der Waals surface area contributed by atoms with E-state index in [9.17, 15) is 5.11 Å². The van der Waals surface area contributed by atoms with Crippen LogP contribution in [-0.4, -0.2) is 61.1 Å². The van der Waals surface area contributed by atoms with Crippen LogP contribution in [0.15, 0.2) is 23.3 Å². The maximum Gasteiger partial charge on any atom is 0.192 e. The third-order valence-electron chi connectivity index (χ3n) is 7.35. The Hall–Kier alpha value is -0.286. The molecule has 1 saturated carbocycles. The molecule has 2 atom stereocenters. The summed E-state index contributed by atoms with van der Waals surface area (Å²) in [6.07, 6.45) is 6.60. The van der Waals surface area contributed by atoms with Crippen LogP contribution in [-0.2, 0) is 18.3 Å². The zero-order valence-corrected chi connectivity index (χ0v) is 24.6. The molecule has 188 valence electrons. The highest BCUT2D eigenvalue weighted by Gasteiger charge is 2.45. The Morgan fingerprint density at radius 3 is 1.72 bits per heavy atom. The van der Waals surface area contributed by atoms with E-state index in [1.54, 1.807) is 7.11 Å². The van der Waals surface area contributed by atoms with Crippen molar-refractivity contribution in [3.8, 4) is 0 Å².